The fourth-order valence-electron chi connectivity index (χ4n) is 3.85. The Balaban J connectivity index is 1.57. The van der Waals surface area contributed by atoms with Crippen LogP contribution in [0.15, 0.2) is 48.5 Å². The van der Waals surface area contributed by atoms with Crippen molar-refractivity contribution >= 4 is 22.5 Å². The fourth-order valence-corrected chi connectivity index (χ4v) is 3.85. The lowest BCUT2D eigenvalue weighted by molar-refractivity contribution is -0.133. The molecule has 2 heterocycles. The number of rotatable bonds is 5. The van der Waals surface area contributed by atoms with Gasteiger partial charge in [0.25, 0.3) is 0 Å². The van der Waals surface area contributed by atoms with E-state index >= 15 is 0 Å². The monoisotopic (exact) mass is 385 g/mol. The number of fused-ring (bicyclic) bond motifs is 3. The van der Waals surface area contributed by atoms with Gasteiger partial charge in [-0.2, -0.15) is 4.52 Å². The quantitative estimate of drug-likeness (QED) is 0.524. The number of aromatic nitrogens is 4. The zero-order chi connectivity index (χ0) is 20.0. The number of carbonyl (C=O) groups is 1. The van der Waals surface area contributed by atoms with E-state index in [9.17, 15) is 4.79 Å². The van der Waals surface area contributed by atoms with Gasteiger partial charge in [0, 0.05) is 30.0 Å². The van der Waals surface area contributed by atoms with Gasteiger partial charge < -0.3 is 4.90 Å². The number of nitrogens with zero attached hydrogens (tertiary/aromatic N) is 5. The Morgan fingerprint density at radius 2 is 1.83 bits per heavy atom. The van der Waals surface area contributed by atoms with Crippen LogP contribution in [-0.2, 0) is 17.9 Å². The molecule has 1 saturated carbocycles. The summed E-state index contributed by atoms with van der Waals surface area (Å²) in [5.41, 5.74) is 6.23. The lowest BCUT2D eigenvalue weighted by Crippen LogP contribution is -2.31. The first-order valence-electron chi connectivity index (χ1n) is 10.0. The molecular weight excluding hydrogens is 362 g/mol. The van der Waals surface area contributed by atoms with Crippen LogP contribution in [-0.4, -0.2) is 30.8 Å². The third-order valence-electron chi connectivity index (χ3n) is 5.77. The van der Waals surface area contributed by atoms with Gasteiger partial charge in [0.1, 0.15) is 0 Å². The lowest BCUT2D eigenvalue weighted by Gasteiger charge is -2.23. The predicted molar refractivity (Wildman–Crippen MR) is 111 cm³/mol. The summed E-state index contributed by atoms with van der Waals surface area (Å²) in [6.45, 7) is 5.29. The van der Waals surface area contributed by atoms with Crippen molar-refractivity contribution in [3.63, 3.8) is 0 Å². The minimum atomic E-state index is 0.163. The molecule has 2 aromatic heterocycles. The molecule has 6 nitrogen and oxygen atoms in total. The highest BCUT2D eigenvalue weighted by atomic mass is 16.2. The molecule has 1 amide bonds. The van der Waals surface area contributed by atoms with Crippen LogP contribution in [0.4, 0.5) is 0 Å². The van der Waals surface area contributed by atoms with E-state index in [2.05, 4.69) is 59.7 Å². The highest BCUT2D eigenvalue weighted by Crippen LogP contribution is 2.32. The van der Waals surface area contributed by atoms with Crippen molar-refractivity contribution in [1.29, 1.82) is 0 Å². The zero-order valence-electron chi connectivity index (χ0n) is 16.7. The summed E-state index contributed by atoms with van der Waals surface area (Å²) in [4.78, 5) is 15.0. The van der Waals surface area contributed by atoms with E-state index in [-0.39, 0.29) is 11.8 Å². The van der Waals surface area contributed by atoms with E-state index in [4.69, 9.17) is 0 Å². The Hall–Kier alpha value is -3.28. The molecular formula is C23H23N5O. The lowest BCUT2D eigenvalue weighted by atomic mass is 10.0. The van der Waals surface area contributed by atoms with Gasteiger partial charge >= 0.3 is 0 Å². The first-order chi connectivity index (χ1) is 14.1. The van der Waals surface area contributed by atoms with Gasteiger partial charge in [0.15, 0.2) is 5.65 Å². The summed E-state index contributed by atoms with van der Waals surface area (Å²) in [7, 11) is 0. The van der Waals surface area contributed by atoms with Gasteiger partial charge in [-0.1, -0.05) is 30.3 Å². The van der Waals surface area contributed by atoms with Crippen molar-refractivity contribution in [2.45, 2.75) is 39.8 Å². The second kappa shape index (κ2) is 6.95. The summed E-state index contributed by atoms with van der Waals surface area (Å²) in [5.74, 6) is 0.385. The Labute approximate surface area is 169 Å². The first-order valence-corrected chi connectivity index (χ1v) is 10.0. The van der Waals surface area contributed by atoms with E-state index in [1.54, 1.807) is 4.52 Å². The molecule has 0 bridgehead atoms. The van der Waals surface area contributed by atoms with Crippen molar-refractivity contribution in [1.82, 2.24) is 24.9 Å². The molecule has 5 rings (SSSR count). The molecule has 0 radical (unpaired) electrons. The second-order valence-corrected chi connectivity index (χ2v) is 8.03. The third-order valence-corrected chi connectivity index (χ3v) is 5.77. The highest BCUT2D eigenvalue weighted by Gasteiger charge is 2.33. The molecule has 0 aliphatic heterocycles. The van der Waals surface area contributed by atoms with Gasteiger partial charge in [-0.05, 0) is 72.0 Å². The van der Waals surface area contributed by atoms with Crippen LogP contribution < -0.4 is 0 Å². The number of pyridine rings is 1. The Morgan fingerprint density at radius 1 is 1.07 bits per heavy atom. The summed E-state index contributed by atoms with van der Waals surface area (Å²) < 4.78 is 1.79. The zero-order valence-corrected chi connectivity index (χ0v) is 16.7. The Kier molecular flexibility index (Phi) is 4.27. The number of benzene rings is 2. The summed E-state index contributed by atoms with van der Waals surface area (Å²) >= 11 is 0. The van der Waals surface area contributed by atoms with Crippen LogP contribution in [0.2, 0.25) is 0 Å². The van der Waals surface area contributed by atoms with E-state index in [0.29, 0.717) is 18.7 Å². The van der Waals surface area contributed by atoms with Crippen molar-refractivity contribution in [3.8, 4) is 0 Å². The summed E-state index contributed by atoms with van der Waals surface area (Å²) in [6, 6.07) is 16.6. The maximum atomic E-state index is 13.0. The highest BCUT2D eigenvalue weighted by molar-refractivity contribution is 5.85. The average Bonchev–Trinajstić information content (AvgIpc) is 3.45. The Morgan fingerprint density at radius 3 is 2.59 bits per heavy atom. The molecule has 2 aromatic carbocycles. The number of aryl methyl sites for hydroxylation is 2. The second-order valence-electron chi connectivity index (χ2n) is 8.03. The fraction of sp³-hybridized carbons (Fsp3) is 0.304. The smallest absolute Gasteiger partial charge is 0.226 e. The maximum Gasteiger partial charge on any atom is 0.226 e. The van der Waals surface area contributed by atoms with E-state index < -0.39 is 0 Å². The van der Waals surface area contributed by atoms with Crippen LogP contribution in [0.1, 0.15) is 35.1 Å². The van der Waals surface area contributed by atoms with Gasteiger partial charge in [0.2, 0.25) is 5.91 Å². The largest absolute Gasteiger partial charge is 0.334 e. The van der Waals surface area contributed by atoms with Crippen LogP contribution in [0.3, 0.4) is 0 Å². The SMILES string of the molecule is Cc1cc2cc(CN(Cc3ccccc3)C(=O)C3CC3)c3nnnn3c2cc1C. The third kappa shape index (κ3) is 3.35. The van der Waals surface area contributed by atoms with Crippen LogP contribution >= 0.6 is 0 Å². The van der Waals surface area contributed by atoms with Crippen molar-refractivity contribution < 1.29 is 4.79 Å². The summed E-state index contributed by atoms with van der Waals surface area (Å²) in [5, 5.41) is 13.5. The molecule has 0 unspecified atom stereocenters. The molecule has 0 atom stereocenters. The van der Waals surface area contributed by atoms with Crippen LogP contribution in [0, 0.1) is 19.8 Å². The van der Waals surface area contributed by atoms with Gasteiger partial charge in [-0.15, -0.1) is 5.10 Å². The molecule has 1 aliphatic rings. The van der Waals surface area contributed by atoms with E-state index in [1.807, 2.05) is 23.1 Å². The van der Waals surface area contributed by atoms with Crippen molar-refractivity contribution in [2.24, 2.45) is 5.92 Å². The standard InChI is InChI=1S/C23H23N5O/c1-15-10-19-12-20(22-24-25-26-28(22)21(19)11-16(15)2)14-27(23(29)18-8-9-18)13-17-6-4-3-5-7-17/h3-7,10-12,18H,8-9,13-14H2,1-2H3. The first kappa shape index (κ1) is 17.8. The Bertz CT molecular complexity index is 1210. The number of tetrazole rings is 1. The number of hydrogen-bond donors (Lipinski definition) is 0. The maximum absolute atomic E-state index is 13.0. The molecule has 29 heavy (non-hydrogen) atoms. The molecule has 0 spiro atoms. The van der Waals surface area contributed by atoms with Gasteiger partial charge in [-0.25, -0.2) is 0 Å². The molecule has 6 heteroatoms. The van der Waals surface area contributed by atoms with Crippen LogP contribution in [0.5, 0.6) is 0 Å². The average molecular weight is 385 g/mol. The topological polar surface area (TPSA) is 63.4 Å². The van der Waals surface area contributed by atoms with Crippen molar-refractivity contribution in [2.75, 3.05) is 0 Å². The molecule has 0 N–H and O–H groups in total. The van der Waals surface area contributed by atoms with E-state index in [1.165, 1.54) is 11.1 Å². The predicted octanol–water partition coefficient (Wildman–Crippen LogP) is 3.83. The normalized spacial score (nSPS) is 13.9. The minimum Gasteiger partial charge on any atom is -0.334 e. The molecule has 0 saturated heterocycles. The van der Waals surface area contributed by atoms with Crippen LogP contribution in [0.25, 0.3) is 16.6 Å². The molecule has 1 fully saturated rings. The number of amides is 1. The summed E-state index contributed by atoms with van der Waals surface area (Å²) in [6.07, 6.45) is 1.98. The van der Waals surface area contributed by atoms with Gasteiger partial charge in [-0.3, -0.25) is 4.79 Å². The number of hydrogen-bond acceptors (Lipinski definition) is 4. The number of carbonyl (C=O) groups excluding carboxylic acids is 1. The minimum absolute atomic E-state index is 0.163. The van der Waals surface area contributed by atoms with Gasteiger partial charge in [0.05, 0.1) is 5.52 Å². The van der Waals surface area contributed by atoms with Crippen molar-refractivity contribution in [3.05, 3.63) is 70.8 Å². The molecule has 4 aromatic rings. The molecule has 1 aliphatic carbocycles. The van der Waals surface area contributed by atoms with E-state index in [0.717, 1.165) is 34.9 Å². The molecule has 146 valence electrons.